The van der Waals surface area contributed by atoms with Gasteiger partial charge in [-0.05, 0) is 20.9 Å². The number of nitrogens with zero attached hydrogens (tertiary/aromatic N) is 2. The summed E-state index contributed by atoms with van der Waals surface area (Å²) in [5.74, 6) is 0. The van der Waals surface area contributed by atoms with Gasteiger partial charge in [-0.25, -0.2) is 0 Å². The zero-order valence-electron chi connectivity index (χ0n) is 8.51. The van der Waals surface area contributed by atoms with Crippen LogP contribution < -0.4 is 5.56 Å². The summed E-state index contributed by atoms with van der Waals surface area (Å²) in [5.41, 5.74) is 2.04. The molecule has 0 saturated carbocycles. The number of aromatic nitrogens is 2. The summed E-state index contributed by atoms with van der Waals surface area (Å²) in [6.07, 6.45) is 0. The Hall–Kier alpha value is -1.03. The van der Waals surface area contributed by atoms with Crippen LogP contribution in [0.2, 0.25) is 0 Å². The monoisotopic (exact) mass is 181 g/mol. The molecule has 0 amide bonds. The van der Waals surface area contributed by atoms with E-state index < -0.39 is 0 Å². The molecule has 0 radical (unpaired) electrons. The van der Waals surface area contributed by atoms with Crippen LogP contribution in [0.5, 0.6) is 0 Å². The van der Waals surface area contributed by atoms with Gasteiger partial charge in [-0.15, -0.1) is 0 Å². The zero-order chi connectivity index (χ0) is 9.80. The van der Waals surface area contributed by atoms with Crippen molar-refractivity contribution >= 4 is 0 Å². The average molecular weight is 181 g/mol. The molecule has 1 aromatic rings. The lowest BCUT2D eigenvalue weighted by atomic mass is 10.0. The number of aryl methyl sites for hydroxylation is 1. The van der Waals surface area contributed by atoms with Gasteiger partial charge in [0.2, 0.25) is 0 Å². The molecule has 0 aromatic carbocycles. The van der Waals surface area contributed by atoms with E-state index in [1.54, 1.807) is 0 Å². The third kappa shape index (κ3) is 0.920. The van der Waals surface area contributed by atoms with Gasteiger partial charge in [-0.3, -0.25) is 19.5 Å². The van der Waals surface area contributed by atoms with E-state index in [9.17, 15) is 4.79 Å². The van der Waals surface area contributed by atoms with Crippen LogP contribution in [0.1, 0.15) is 25.1 Å². The molecule has 0 atom stereocenters. The van der Waals surface area contributed by atoms with E-state index in [1.165, 1.54) is 0 Å². The molecule has 4 heteroatoms. The average Bonchev–Trinajstić information content (AvgIpc) is 2.38. The standard InChI is InChI=1S/C9H15N3O/c1-9(2)7-6(5-11(9)3)8(13)10-12(7)4/h5H2,1-4H3,(H,10,13). The molecule has 0 saturated heterocycles. The molecule has 72 valence electrons. The molecule has 0 aliphatic carbocycles. The maximum absolute atomic E-state index is 11.5. The molecule has 1 aliphatic heterocycles. The van der Waals surface area contributed by atoms with Crippen LogP contribution in [0.25, 0.3) is 0 Å². The first-order valence-corrected chi connectivity index (χ1v) is 4.44. The highest BCUT2D eigenvalue weighted by molar-refractivity contribution is 5.29. The summed E-state index contributed by atoms with van der Waals surface area (Å²) in [6, 6.07) is 0. The van der Waals surface area contributed by atoms with Crippen molar-refractivity contribution in [3.8, 4) is 0 Å². The van der Waals surface area contributed by atoms with Gasteiger partial charge in [0.05, 0.1) is 16.8 Å². The molecule has 13 heavy (non-hydrogen) atoms. The van der Waals surface area contributed by atoms with E-state index in [2.05, 4.69) is 23.8 Å². The van der Waals surface area contributed by atoms with E-state index in [1.807, 2.05) is 18.8 Å². The van der Waals surface area contributed by atoms with Gasteiger partial charge < -0.3 is 0 Å². The van der Waals surface area contributed by atoms with Crippen molar-refractivity contribution in [1.82, 2.24) is 14.7 Å². The van der Waals surface area contributed by atoms with Crippen LogP contribution in [0.15, 0.2) is 4.79 Å². The minimum atomic E-state index is -0.0384. The van der Waals surface area contributed by atoms with E-state index in [-0.39, 0.29) is 11.1 Å². The molecular weight excluding hydrogens is 166 g/mol. The fourth-order valence-electron chi connectivity index (χ4n) is 2.13. The van der Waals surface area contributed by atoms with Crippen molar-refractivity contribution in [3.63, 3.8) is 0 Å². The van der Waals surface area contributed by atoms with Crippen molar-refractivity contribution in [2.24, 2.45) is 7.05 Å². The molecule has 2 rings (SSSR count). The molecule has 1 aliphatic rings. The summed E-state index contributed by atoms with van der Waals surface area (Å²) in [6.45, 7) is 5.01. The highest BCUT2D eigenvalue weighted by Gasteiger charge is 2.39. The van der Waals surface area contributed by atoms with Crippen LogP contribution in [0.3, 0.4) is 0 Å². The summed E-state index contributed by atoms with van der Waals surface area (Å²) in [5, 5.41) is 2.79. The Bertz CT molecular complexity index is 399. The summed E-state index contributed by atoms with van der Waals surface area (Å²) >= 11 is 0. The Morgan fingerprint density at radius 3 is 2.54 bits per heavy atom. The molecule has 1 N–H and O–H groups in total. The molecular formula is C9H15N3O. The Balaban J connectivity index is 2.71. The smallest absolute Gasteiger partial charge is 0.268 e. The van der Waals surface area contributed by atoms with Crippen molar-refractivity contribution in [3.05, 3.63) is 21.6 Å². The third-order valence-corrected chi connectivity index (χ3v) is 3.09. The number of aromatic amines is 1. The van der Waals surface area contributed by atoms with Gasteiger partial charge >= 0.3 is 0 Å². The van der Waals surface area contributed by atoms with Crippen LogP contribution in [0, 0.1) is 0 Å². The second-order valence-electron chi connectivity index (χ2n) is 4.24. The van der Waals surface area contributed by atoms with Crippen LogP contribution in [0.4, 0.5) is 0 Å². The lowest BCUT2D eigenvalue weighted by molar-refractivity contribution is 0.168. The molecule has 0 unspecified atom stereocenters. The van der Waals surface area contributed by atoms with Crippen LogP contribution in [-0.4, -0.2) is 21.7 Å². The van der Waals surface area contributed by atoms with E-state index >= 15 is 0 Å². The quantitative estimate of drug-likeness (QED) is 0.629. The second kappa shape index (κ2) is 2.26. The first-order chi connectivity index (χ1) is 5.94. The number of nitrogens with one attached hydrogen (secondary N) is 1. The maximum Gasteiger partial charge on any atom is 0.268 e. The normalized spacial score (nSPS) is 20.6. The molecule has 1 aromatic heterocycles. The van der Waals surface area contributed by atoms with Gasteiger partial charge in [0, 0.05) is 13.6 Å². The van der Waals surface area contributed by atoms with Crippen molar-refractivity contribution in [2.45, 2.75) is 25.9 Å². The molecule has 2 heterocycles. The minimum absolute atomic E-state index is 0.0384. The van der Waals surface area contributed by atoms with Crippen molar-refractivity contribution < 1.29 is 0 Å². The Morgan fingerprint density at radius 2 is 2.00 bits per heavy atom. The fraction of sp³-hybridized carbons (Fsp3) is 0.667. The number of rotatable bonds is 0. The number of H-pyrrole nitrogens is 1. The predicted molar refractivity (Wildman–Crippen MR) is 50.5 cm³/mol. The first-order valence-electron chi connectivity index (χ1n) is 4.44. The highest BCUT2D eigenvalue weighted by Crippen LogP contribution is 2.34. The predicted octanol–water partition coefficient (Wildman–Crippen LogP) is 0.394. The molecule has 4 nitrogen and oxygen atoms in total. The minimum Gasteiger partial charge on any atom is -0.291 e. The third-order valence-electron chi connectivity index (χ3n) is 3.09. The van der Waals surface area contributed by atoms with Crippen molar-refractivity contribution in [2.75, 3.05) is 7.05 Å². The van der Waals surface area contributed by atoms with Crippen LogP contribution in [-0.2, 0) is 19.1 Å². The molecule has 0 bridgehead atoms. The zero-order valence-corrected chi connectivity index (χ0v) is 8.51. The fourth-order valence-corrected chi connectivity index (χ4v) is 2.13. The van der Waals surface area contributed by atoms with Crippen LogP contribution >= 0.6 is 0 Å². The largest absolute Gasteiger partial charge is 0.291 e. The Morgan fingerprint density at radius 1 is 1.38 bits per heavy atom. The lowest BCUT2D eigenvalue weighted by Crippen LogP contribution is -2.34. The SMILES string of the molecule is CN1Cc2c(n(C)[nH]c2=O)C1(C)C. The molecule has 0 fully saturated rings. The number of fused-ring (bicyclic) bond motifs is 1. The first kappa shape index (κ1) is 8.56. The van der Waals surface area contributed by atoms with Gasteiger partial charge in [0.1, 0.15) is 0 Å². The number of hydrogen-bond acceptors (Lipinski definition) is 2. The highest BCUT2D eigenvalue weighted by atomic mass is 16.1. The van der Waals surface area contributed by atoms with Gasteiger partial charge in [0.15, 0.2) is 0 Å². The Kier molecular flexibility index (Phi) is 1.49. The maximum atomic E-state index is 11.5. The summed E-state index contributed by atoms with van der Waals surface area (Å²) in [7, 11) is 3.93. The molecule has 0 spiro atoms. The van der Waals surface area contributed by atoms with Gasteiger partial charge in [-0.2, -0.15) is 0 Å². The van der Waals surface area contributed by atoms with Gasteiger partial charge in [0.25, 0.3) is 5.56 Å². The van der Waals surface area contributed by atoms with E-state index in [0.717, 1.165) is 17.8 Å². The summed E-state index contributed by atoms with van der Waals surface area (Å²) in [4.78, 5) is 13.6. The van der Waals surface area contributed by atoms with E-state index in [0.29, 0.717) is 0 Å². The lowest BCUT2D eigenvalue weighted by Gasteiger charge is -2.28. The summed E-state index contributed by atoms with van der Waals surface area (Å²) < 4.78 is 1.83. The van der Waals surface area contributed by atoms with Crippen molar-refractivity contribution in [1.29, 1.82) is 0 Å². The van der Waals surface area contributed by atoms with E-state index in [4.69, 9.17) is 0 Å². The topological polar surface area (TPSA) is 41.0 Å². The number of hydrogen-bond donors (Lipinski definition) is 1. The Labute approximate surface area is 77.1 Å². The van der Waals surface area contributed by atoms with Gasteiger partial charge in [-0.1, -0.05) is 0 Å². The second-order valence-corrected chi connectivity index (χ2v) is 4.24.